The zero-order chi connectivity index (χ0) is 34.7. The Morgan fingerprint density at radius 3 is 1.52 bits per heavy atom. The minimum atomic E-state index is -0.748. The number of hydrogen-bond acceptors (Lipinski definition) is 9. The van der Waals surface area contributed by atoms with Gasteiger partial charge in [-0.15, -0.1) is 12.4 Å². The Kier molecular flexibility index (Phi) is 23.7. The molecule has 6 atom stereocenters. The SMILES string of the molecule is CC1(C)C[C@H]2CS[C@@H](CCCCC(=O)CCCCCCC(=O)O)[C@H]2O1.Cl.N[C@H]1CS[C@@H](CCCCC(=O)CCCCCCC(=O)O)[C@H]1O. The van der Waals surface area contributed by atoms with Crippen molar-refractivity contribution in [3.8, 4) is 0 Å². The number of carboxylic acids is 2. The van der Waals surface area contributed by atoms with E-state index >= 15 is 0 Å². The number of nitrogens with two attached hydrogens (primary N) is 1. The van der Waals surface area contributed by atoms with E-state index in [-0.39, 0.29) is 42.1 Å². The Hall–Kier alpha value is -0.850. The predicted molar refractivity (Wildman–Crippen MR) is 198 cm³/mol. The zero-order valence-electron chi connectivity index (χ0n) is 29.4. The number of ketones is 2. The molecule has 3 aliphatic rings. The summed E-state index contributed by atoms with van der Waals surface area (Å²) in [6.45, 7) is 4.40. The first-order valence-electron chi connectivity index (χ1n) is 18.2. The number of carbonyl (C=O) groups excluding carboxylic acids is 2. The van der Waals surface area contributed by atoms with E-state index in [1.54, 1.807) is 11.8 Å². The molecule has 5 N–H and O–H groups in total. The van der Waals surface area contributed by atoms with E-state index in [1.807, 2.05) is 0 Å². The molecule has 280 valence electrons. The average molecular weight is 738 g/mol. The number of ether oxygens (including phenoxy) is 1. The molecule has 0 aromatic carbocycles. The third-order valence-electron chi connectivity index (χ3n) is 9.47. The number of fused-ring (bicyclic) bond motifs is 1. The van der Waals surface area contributed by atoms with Gasteiger partial charge in [0, 0.05) is 60.8 Å². The Morgan fingerprint density at radius 1 is 0.667 bits per heavy atom. The van der Waals surface area contributed by atoms with E-state index in [9.17, 15) is 24.3 Å². The first kappa shape index (κ1) is 45.2. The molecular formula is C36H64ClNO8S2. The molecule has 3 fully saturated rings. The average Bonchev–Trinajstić information content (AvgIpc) is 3.63. The van der Waals surface area contributed by atoms with E-state index in [1.165, 1.54) is 18.6 Å². The van der Waals surface area contributed by atoms with Crippen LogP contribution >= 0.6 is 35.9 Å². The largest absolute Gasteiger partial charge is 0.481 e. The molecule has 3 saturated heterocycles. The molecule has 0 aromatic rings. The molecule has 3 aliphatic heterocycles. The summed E-state index contributed by atoms with van der Waals surface area (Å²) in [5.74, 6) is 1.99. The first-order valence-corrected chi connectivity index (χ1v) is 20.3. The second-order valence-electron chi connectivity index (χ2n) is 14.4. The van der Waals surface area contributed by atoms with Crippen LogP contribution in [0.4, 0.5) is 0 Å². The number of carbonyl (C=O) groups is 4. The zero-order valence-corrected chi connectivity index (χ0v) is 31.9. The van der Waals surface area contributed by atoms with Gasteiger partial charge >= 0.3 is 11.9 Å². The van der Waals surface area contributed by atoms with Gasteiger partial charge in [-0.1, -0.05) is 38.5 Å². The maximum Gasteiger partial charge on any atom is 0.303 e. The summed E-state index contributed by atoms with van der Waals surface area (Å²) in [4.78, 5) is 44.4. The highest BCUT2D eigenvalue weighted by Crippen LogP contribution is 2.47. The highest BCUT2D eigenvalue weighted by Gasteiger charge is 2.47. The molecule has 3 heterocycles. The van der Waals surface area contributed by atoms with E-state index in [4.69, 9.17) is 20.7 Å². The second kappa shape index (κ2) is 25.2. The van der Waals surface area contributed by atoms with Crippen LogP contribution in [0.15, 0.2) is 0 Å². The van der Waals surface area contributed by atoms with Crippen LogP contribution in [-0.4, -0.2) is 84.7 Å². The highest BCUT2D eigenvalue weighted by atomic mass is 35.5. The standard InChI is InChI=1S/C20H34O4S.C16H29NO4S.ClH/c1-20(2)13-15-14-25-17(19(15)24-20)11-8-7-10-16(21)9-5-3-4-6-12-18(22)23;17-13-11-22-14(16(13)21)9-6-5-8-12(18)7-3-1-2-4-10-15(19)20;/h15,17,19H,3-14H2,1-2H3,(H,22,23);13-14,16,21H,1-11,17H2,(H,19,20);1H/t15-,17-,19-;13-,14-,16-;/m00./s1. The summed E-state index contributed by atoms with van der Waals surface area (Å²) in [5.41, 5.74) is 5.82. The van der Waals surface area contributed by atoms with Gasteiger partial charge in [-0.25, -0.2) is 0 Å². The number of halogens is 1. The van der Waals surface area contributed by atoms with Gasteiger partial charge in [-0.05, 0) is 83.3 Å². The van der Waals surface area contributed by atoms with Crippen molar-refractivity contribution in [3.63, 3.8) is 0 Å². The van der Waals surface area contributed by atoms with Crippen LogP contribution < -0.4 is 5.73 Å². The Bertz CT molecular complexity index is 955. The summed E-state index contributed by atoms with van der Waals surface area (Å²) >= 11 is 3.80. The Morgan fingerprint density at radius 2 is 1.08 bits per heavy atom. The lowest BCUT2D eigenvalue weighted by Crippen LogP contribution is -2.36. The van der Waals surface area contributed by atoms with E-state index in [0.717, 1.165) is 88.7 Å². The Balaban J connectivity index is 0.000000474. The topological polar surface area (TPSA) is 164 Å². The third kappa shape index (κ3) is 19.5. The number of aliphatic hydroxyl groups is 1. The van der Waals surface area contributed by atoms with E-state index in [2.05, 4.69) is 25.6 Å². The van der Waals surface area contributed by atoms with E-state index in [0.29, 0.717) is 55.0 Å². The summed E-state index contributed by atoms with van der Waals surface area (Å²) in [7, 11) is 0. The molecule has 0 radical (unpaired) electrons. The monoisotopic (exact) mass is 737 g/mol. The summed E-state index contributed by atoms with van der Waals surface area (Å²) in [5, 5.41) is 27.8. The molecule has 3 rings (SSSR count). The van der Waals surface area contributed by atoms with Crippen molar-refractivity contribution < 1.29 is 39.2 Å². The molecule has 0 aliphatic carbocycles. The maximum atomic E-state index is 11.9. The molecule has 9 nitrogen and oxygen atoms in total. The third-order valence-corrected chi connectivity index (χ3v) is 12.5. The number of aliphatic hydroxyl groups excluding tert-OH is 1. The quantitative estimate of drug-likeness (QED) is 0.0721. The first-order chi connectivity index (χ1) is 22.4. The maximum absolute atomic E-state index is 11.9. The fourth-order valence-electron chi connectivity index (χ4n) is 6.83. The number of rotatable bonds is 24. The minimum absolute atomic E-state index is 0. The summed E-state index contributed by atoms with van der Waals surface area (Å²) in [6.07, 6.45) is 17.2. The van der Waals surface area contributed by atoms with Gasteiger partial charge in [-0.3, -0.25) is 19.2 Å². The van der Waals surface area contributed by atoms with Crippen LogP contribution in [0.1, 0.15) is 149 Å². The van der Waals surface area contributed by atoms with Gasteiger partial charge in [0.25, 0.3) is 0 Å². The lowest BCUT2D eigenvalue weighted by atomic mass is 9.93. The van der Waals surface area contributed by atoms with Crippen molar-refractivity contribution in [2.45, 2.75) is 183 Å². The number of thioether (sulfide) groups is 2. The van der Waals surface area contributed by atoms with Gasteiger partial charge in [0.15, 0.2) is 0 Å². The van der Waals surface area contributed by atoms with Crippen LogP contribution in [-0.2, 0) is 23.9 Å². The fraction of sp³-hybridized carbons (Fsp3) is 0.889. The normalized spacial score (nSPS) is 25.5. The minimum Gasteiger partial charge on any atom is -0.481 e. The van der Waals surface area contributed by atoms with Gasteiger partial charge in [0.05, 0.1) is 17.8 Å². The van der Waals surface area contributed by atoms with Crippen LogP contribution in [0.2, 0.25) is 0 Å². The van der Waals surface area contributed by atoms with Gasteiger partial charge in [-0.2, -0.15) is 23.5 Å². The van der Waals surface area contributed by atoms with Crippen LogP contribution in [0.5, 0.6) is 0 Å². The number of hydrogen-bond donors (Lipinski definition) is 4. The lowest BCUT2D eigenvalue weighted by molar-refractivity contribution is -0.138. The molecule has 0 amide bonds. The molecule has 0 saturated carbocycles. The lowest BCUT2D eigenvalue weighted by Gasteiger charge is -2.23. The van der Waals surface area contributed by atoms with Crippen LogP contribution in [0.3, 0.4) is 0 Å². The Labute approximate surface area is 303 Å². The number of Topliss-reactive ketones (excluding diaryl/α,β-unsaturated/α-hetero) is 2. The molecule has 0 bridgehead atoms. The highest BCUT2D eigenvalue weighted by molar-refractivity contribution is 8.00. The predicted octanol–water partition coefficient (Wildman–Crippen LogP) is 7.61. The molecule has 12 heteroatoms. The number of aliphatic carboxylic acids is 2. The van der Waals surface area contributed by atoms with Gasteiger partial charge < -0.3 is 25.8 Å². The van der Waals surface area contributed by atoms with Crippen LogP contribution in [0.25, 0.3) is 0 Å². The smallest absolute Gasteiger partial charge is 0.303 e. The molecule has 0 aromatic heterocycles. The molecule has 0 unspecified atom stereocenters. The van der Waals surface area contributed by atoms with E-state index < -0.39 is 18.0 Å². The fourth-order valence-corrected chi connectivity index (χ4v) is 9.84. The van der Waals surface area contributed by atoms with Crippen molar-refractivity contribution in [2.75, 3.05) is 11.5 Å². The van der Waals surface area contributed by atoms with Crippen molar-refractivity contribution in [3.05, 3.63) is 0 Å². The van der Waals surface area contributed by atoms with Crippen molar-refractivity contribution >= 4 is 59.4 Å². The van der Waals surface area contributed by atoms with Crippen molar-refractivity contribution in [1.82, 2.24) is 0 Å². The second-order valence-corrected chi connectivity index (χ2v) is 16.9. The van der Waals surface area contributed by atoms with Crippen LogP contribution in [0, 0.1) is 5.92 Å². The summed E-state index contributed by atoms with van der Waals surface area (Å²) < 4.78 is 6.24. The summed E-state index contributed by atoms with van der Waals surface area (Å²) in [6, 6.07) is -0.0993. The van der Waals surface area contributed by atoms with Crippen molar-refractivity contribution in [1.29, 1.82) is 0 Å². The van der Waals surface area contributed by atoms with Crippen molar-refractivity contribution in [2.24, 2.45) is 11.7 Å². The van der Waals surface area contributed by atoms with Gasteiger partial charge in [0.2, 0.25) is 0 Å². The molecular weight excluding hydrogens is 674 g/mol. The van der Waals surface area contributed by atoms with Gasteiger partial charge in [0.1, 0.15) is 11.6 Å². The molecule has 48 heavy (non-hydrogen) atoms. The number of carboxylic acid groups (broad SMARTS) is 2. The number of unbranched alkanes of at least 4 members (excludes halogenated alkanes) is 8. The molecule has 0 spiro atoms.